The van der Waals surface area contributed by atoms with Crippen molar-refractivity contribution in [1.29, 1.82) is 0 Å². The fraction of sp³-hybridized carbons (Fsp3) is 0.158. The molecule has 1 aromatic heterocycles. The van der Waals surface area contributed by atoms with Crippen LogP contribution < -0.4 is 0 Å². The molecule has 140 valence electrons. The van der Waals surface area contributed by atoms with Gasteiger partial charge in [0, 0.05) is 36.8 Å². The molecule has 8 heteroatoms. The van der Waals surface area contributed by atoms with Crippen molar-refractivity contribution in [2.24, 2.45) is 0 Å². The maximum atomic E-state index is 12.3. The number of fused-ring (bicyclic) bond motifs is 1. The van der Waals surface area contributed by atoms with Gasteiger partial charge in [-0.05, 0) is 30.3 Å². The van der Waals surface area contributed by atoms with Gasteiger partial charge in [-0.25, -0.2) is 17.5 Å². The van der Waals surface area contributed by atoms with Gasteiger partial charge in [0.25, 0.3) is 0 Å². The number of hydrogen-bond donors (Lipinski definition) is 1. The smallest absolute Gasteiger partial charge is 0.338 e. The van der Waals surface area contributed by atoms with Gasteiger partial charge in [-0.3, -0.25) is 4.79 Å². The first kappa shape index (κ1) is 18.8. The van der Waals surface area contributed by atoms with E-state index in [2.05, 4.69) is 4.98 Å². The molecule has 0 saturated carbocycles. The van der Waals surface area contributed by atoms with Gasteiger partial charge in [0.2, 0.25) is 15.8 Å². The minimum Gasteiger partial charge on any atom is -0.454 e. The highest BCUT2D eigenvalue weighted by Crippen LogP contribution is 2.19. The largest absolute Gasteiger partial charge is 0.454 e. The van der Waals surface area contributed by atoms with Crippen LogP contribution in [0.3, 0.4) is 0 Å². The summed E-state index contributed by atoms with van der Waals surface area (Å²) in [6.07, 6.45) is 1.59. The van der Waals surface area contributed by atoms with E-state index in [1.165, 1.54) is 38.4 Å². The van der Waals surface area contributed by atoms with Crippen LogP contribution in [0.5, 0.6) is 0 Å². The van der Waals surface area contributed by atoms with E-state index in [-0.39, 0.29) is 16.2 Å². The van der Waals surface area contributed by atoms with E-state index >= 15 is 0 Å². The number of rotatable bonds is 6. The van der Waals surface area contributed by atoms with Crippen LogP contribution in [-0.4, -0.2) is 50.2 Å². The van der Waals surface area contributed by atoms with Crippen molar-refractivity contribution in [2.75, 3.05) is 20.7 Å². The molecule has 27 heavy (non-hydrogen) atoms. The number of aromatic nitrogens is 1. The third-order valence-corrected chi connectivity index (χ3v) is 5.92. The maximum Gasteiger partial charge on any atom is 0.338 e. The number of esters is 1. The molecule has 0 spiro atoms. The number of carbonyl (C=O) groups is 2. The molecule has 0 fully saturated rings. The minimum atomic E-state index is -3.57. The molecule has 0 saturated heterocycles. The number of para-hydroxylation sites is 1. The monoisotopic (exact) mass is 386 g/mol. The molecule has 0 aliphatic carbocycles. The van der Waals surface area contributed by atoms with Gasteiger partial charge >= 0.3 is 5.97 Å². The zero-order valence-corrected chi connectivity index (χ0v) is 15.6. The molecule has 1 heterocycles. The number of H-pyrrole nitrogens is 1. The molecule has 0 unspecified atom stereocenters. The second kappa shape index (κ2) is 7.34. The SMILES string of the molecule is CN(C)S(=O)(=O)c1ccc(C(=O)OCC(=O)c2c[nH]c3ccccc23)cc1. The molecular formula is C19H18N2O5S. The van der Waals surface area contributed by atoms with Gasteiger partial charge < -0.3 is 9.72 Å². The number of Topliss-reactive ketones (excluding diaryl/α,β-unsaturated/α-hetero) is 1. The summed E-state index contributed by atoms with van der Waals surface area (Å²) in [5.41, 5.74) is 1.44. The summed E-state index contributed by atoms with van der Waals surface area (Å²) in [6, 6.07) is 12.7. The summed E-state index contributed by atoms with van der Waals surface area (Å²) in [4.78, 5) is 27.5. The van der Waals surface area contributed by atoms with Gasteiger partial charge in [-0.15, -0.1) is 0 Å². The van der Waals surface area contributed by atoms with Crippen molar-refractivity contribution in [3.63, 3.8) is 0 Å². The van der Waals surface area contributed by atoms with Gasteiger partial charge in [0.1, 0.15) is 0 Å². The molecule has 1 N–H and O–H groups in total. The highest BCUT2D eigenvalue weighted by atomic mass is 32.2. The average Bonchev–Trinajstić information content (AvgIpc) is 3.10. The number of ketones is 1. The molecule has 0 bridgehead atoms. The lowest BCUT2D eigenvalue weighted by Crippen LogP contribution is -2.22. The van der Waals surface area contributed by atoms with E-state index in [0.717, 1.165) is 15.2 Å². The van der Waals surface area contributed by atoms with Gasteiger partial charge in [-0.1, -0.05) is 18.2 Å². The second-order valence-electron chi connectivity index (χ2n) is 6.06. The number of nitrogens with one attached hydrogen (secondary N) is 1. The van der Waals surface area contributed by atoms with Gasteiger partial charge in [0.15, 0.2) is 6.61 Å². The van der Waals surface area contributed by atoms with E-state index in [1.54, 1.807) is 6.20 Å². The quantitative estimate of drug-likeness (QED) is 0.518. The van der Waals surface area contributed by atoms with E-state index in [9.17, 15) is 18.0 Å². The lowest BCUT2D eigenvalue weighted by atomic mass is 10.1. The van der Waals surface area contributed by atoms with E-state index in [1.807, 2.05) is 24.3 Å². The Kier molecular flexibility index (Phi) is 5.11. The molecule has 0 atom stereocenters. The number of benzene rings is 2. The number of sulfonamides is 1. The minimum absolute atomic E-state index is 0.0684. The van der Waals surface area contributed by atoms with Crippen LogP contribution in [0.4, 0.5) is 0 Å². The molecule has 3 aromatic rings. The molecule has 2 aromatic carbocycles. The number of nitrogens with zero attached hydrogens (tertiary/aromatic N) is 1. The molecule has 0 aliphatic rings. The Bertz CT molecular complexity index is 1100. The van der Waals surface area contributed by atoms with Gasteiger partial charge in [0.05, 0.1) is 10.5 Å². The molecule has 3 rings (SSSR count). The Morgan fingerprint density at radius 3 is 2.37 bits per heavy atom. The molecule has 0 aliphatic heterocycles. The van der Waals surface area contributed by atoms with Crippen molar-refractivity contribution >= 4 is 32.7 Å². The molecular weight excluding hydrogens is 368 g/mol. The summed E-state index contributed by atoms with van der Waals surface area (Å²) in [7, 11) is -0.723. The van der Waals surface area contributed by atoms with Crippen LogP contribution in [0, 0.1) is 0 Å². The Morgan fingerprint density at radius 2 is 1.70 bits per heavy atom. The Hall–Kier alpha value is -2.97. The van der Waals surface area contributed by atoms with E-state index < -0.39 is 22.6 Å². The highest BCUT2D eigenvalue weighted by molar-refractivity contribution is 7.89. The van der Waals surface area contributed by atoms with Crippen LogP contribution in [0.1, 0.15) is 20.7 Å². The third kappa shape index (κ3) is 3.76. The van der Waals surface area contributed by atoms with Crippen molar-refractivity contribution in [2.45, 2.75) is 4.90 Å². The van der Waals surface area contributed by atoms with Crippen LogP contribution in [-0.2, 0) is 14.8 Å². The van der Waals surface area contributed by atoms with E-state index in [0.29, 0.717) is 5.56 Å². The standard InChI is InChI=1S/C19H18N2O5S/c1-21(2)27(24,25)14-9-7-13(8-10-14)19(23)26-12-18(22)16-11-20-17-6-4-3-5-15(16)17/h3-11,20H,12H2,1-2H3. The predicted molar refractivity (Wildman–Crippen MR) is 100 cm³/mol. The topological polar surface area (TPSA) is 96.5 Å². The number of carbonyl (C=O) groups excluding carboxylic acids is 2. The zero-order chi connectivity index (χ0) is 19.6. The highest BCUT2D eigenvalue weighted by Gasteiger charge is 2.19. The van der Waals surface area contributed by atoms with Crippen molar-refractivity contribution in [1.82, 2.24) is 9.29 Å². The fourth-order valence-electron chi connectivity index (χ4n) is 2.57. The van der Waals surface area contributed by atoms with Crippen molar-refractivity contribution < 1.29 is 22.7 Å². The normalized spacial score (nSPS) is 11.7. The lowest BCUT2D eigenvalue weighted by Gasteiger charge is -2.11. The molecule has 0 radical (unpaired) electrons. The lowest BCUT2D eigenvalue weighted by molar-refractivity contribution is 0.0475. The maximum absolute atomic E-state index is 12.3. The summed E-state index contributed by atoms with van der Waals surface area (Å²) >= 11 is 0. The number of hydrogen-bond acceptors (Lipinski definition) is 5. The van der Waals surface area contributed by atoms with E-state index in [4.69, 9.17) is 4.74 Å². The van der Waals surface area contributed by atoms with Crippen LogP contribution in [0.2, 0.25) is 0 Å². The van der Waals surface area contributed by atoms with Crippen molar-refractivity contribution in [3.8, 4) is 0 Å². The number of aromatic amines is 1. The molecule has 7 nitrogen and oxygen atoms in total. The first-order chi connectivity index (χ1) is 12.8. The van der Waals surface area contributed by atoms with Crippen LogP contribution in [0.15, 0.2) is 59.6 Å². The molecule has 0 amide bonds. The number of ether oxygens (including phenoxy) is 1. The van der Waals surface area contributed by atoms with Gasteiger partial charge in [-0.2, -0.15) is 0 Å². The Balaban J connectivity index is 1.68. The summed E-state index contributed by atoms with van der Waals surface area (Å²) in [6.45, 7) is -0.404. The summed E-state index contributed by atoms with van der Waals surface area (Å²) < 4.78 is 30.2. The summed E-state index contributed by atoms with van der Waals surface area (Å²) in [5, 5.41) is 0.761. The van der Waals surface area contributed by atoms with Crippen LogP contribution >= 0.6 is 0 Å². The van der Waals surface area contributed by atoms with Crippen molar-refractivity contribution in [3.05, 3.63) is 65.9 Å². The predicted octanol–water partition coefficient (Wildman–Crippen LogP) is 2.46. The summed E-state index contributed by atoms with van der Waals surface area (Å²) in [5.74, 6) is -1.02. The third-order valence-electron chi connectivity index (χ3n) is 4.09. The average molecular weight is 386 g/mol. The fourth-order valence-corrected chi connectivity index (χ4v) is 3.47. The Labute approximate surface area is 156 Å². The van der Waals surface area contributed by atoms with Crippen LogP contribution in [0.25, 0.3) is 10.9 Å². The second-order valence-corrected chi connectivity index (χ2v) is 8.21. The zero-order valence-electron chi connectivity index (χ0n) is 14.8. The first-order valence-electron chi connectivity index (χ1n) is 8.10. The first-order valence-corrected chi connectivity index (χ1v) is 9.54. The Morgan fingerprint density at radius 1 is 1.04 bits per heavy atom.